The van der Waals surface area contributed by atoms with Crippen LogP contribution in [0.2, 0.25) is 0 Å². The number of ether oxygens (including phenoxy) is 2. The van der Waals surface area contributed by atoms with Crippen molar-refractivity contribution in [3.05, 3.63) is 24.1 Å². The van der Waals surface area contributed by atoms with Crippen molar-refractivity contribution in [2.45, 2.75) is 18.9 Å². The number of hydrogen-bond acceptors (Lipinski definition) is 3. The highest BCUT2D eigenvalue weighted by atomic mass is 19.1. The summed E-state index contributed by atoms with van der Waals surface area (Å²) < 4.78 is 25.7. The molecule has 4 nitrogen and oxygen atoms in total. The van der Waals surface area contributed by atoms with Gasteiger partial charge < -0.3 is 9.47 Å². The molecular formula is C12H13FN2O2. The summed E-state index contributed by atoms with van der Waals surface area (Å²) in [6.45, 7) is 0.114. The third-order valence-corrected chi connectivity index (χ3v) is 2.88. The standard InChI is InChI=1S/C12H13FN2O2/c1-16-7-17-9-4-11(13)10-6-14-15(8-2-3-8)12(10)5-9/h4-6,8H,2-3,7H2,1H3. The van der Waals surface area contributed by atoms with Gasteiger partial charge in [-0.3, -0.25) is 4.68 Å². The molecule has 0 N–H and O–H groups in total. The van der Waals surface area contributed by atoms with Crippen LogP contribution in [0.4, 0.5) is 4.39 Å². The average molecular weight is 236 g/mol. The number of halogens is 1. The quantitative estimate of drug-likeness (QED) is 0.765. The van der Waals surface area contributed by atoms with Crippen LogP contribution in [-0.2, 0) is 4.74 Å². The van der Waals surface area contributed by atoms with Gasteiger partial charge in [0.15, 0.2) is 6.79 Å². The van der Waals surface area contributed by atoms with E-state index in [4.69, 9.17) is 9.47 Å². The normalized spacial score (nSPS) is 15.4. The van der Waals surface area contributed by atoms with E-state index in [0.29, 0.717) is 17.2 Å². The summed E-state index contributed by atoms with van der Waals surface area (Å²) in [5.41, 5.74) is 0.790. The molecule has 17 heavy (non-hydrogen) atoms. The van der Waals surface area contributed by atoms with Crippen molar-refractivity contribution < 1.29 is 13.9 Å². The van der Waals surface area contributed by atoms with E-state index < -0.39 is 0 Å². The van der Waals surface area contributed by atoms with E-state index in [-0.39, 0.29) is 12.6 Å². The first-order chi connectivity index (χ1) is 8.29. The third-order valence-electron chi connectivity index (χ3n) is 2.88. The summed E-state index contributed by atoms with van der Waals surface area (Å²) >= 11 is 0. The number of fused-ring (bicyclic) bond motifs is 1. The lowest BCUT2D eigenvalue weighted by Gasteiger charge is -2.06. The lowest BCUT2D eigenvalue weighted by Crippen LogP contribution is -2.00. The van der Waals surface area contributed by atoms with Gasteiger partial charge in [0.1, 0.15) is 11.6 Å². The lowest BCUT2D eigenvalue weighted by molar-refractivity contribution is 0.0510. The van der Waals surface area contributed by atoms with Crippen molar-refractivity contribution in [2.24, 2.45) is 0 Å². The van der Waals surface area contributed by atoms with E-state index in [1.165, 1.54) is 13.2 Å². The van der Waals surface area contributed by atoms with Gasteiger partial charge in [0.05, 0.1) is 23.1 Å². The predicted octanol–water partition coefficient (Wildman–Crippen LogP) is 2.49. The second-order valence-electron chi connectivity index (χ2n) is 4.21. The monoisotopic (exact) mass is 236 g/mol. The topological polar surface area (TPSA) is 36.3 Å². The van der Waals surface area contributed by atoms with Crippen LogP contribution in [0.15, 0.2) is 18.3 Å². The fourth-order valence-electron chi connectivity index (χ4n) is 1.90. The van der Waals surface area contributed by atoms with Gasteiger partial charge >= 0.3 is 0 Å². The zero-order valence-electron chi connectivity index (χ0n) is 9.52. The van der Waals surface area contributed by atoms with E-state index in [0.717, 1.165) is 18.4 Å². The van der Waals surface area contributed by atoms with Crippen LogP contribution in [0, 0.1) is 5.82 Å². The number of nitrogens with zero attached hydrogens (tertiary/aromatic N) is 2. The molecule has 0 saturated heterocycles. The van der Waals surface area contributed by atoms with Crippen molar-refractivity contribution in [2.75, 3.05) is 13.9 Å². The van der Waals surface area contributed by atoms with E-state index >= 15 is 0 Å². The molecule has 0 aliphatic heterocycles. The highest BCUT2D eigenvalue weighted by Crippen LogP contribution is 2.37. The summed E-state index contributed by atoms with van der Waals surface area (Å²) in [5.74, 6) is 0.166. The van der Waals surface area contributed by atoms with Gasteiger partial charge in [0.25, 0.3) is 0 Å². The molecule has 0 amide bonds. The Bertz CT molecular complexity index is 549. The Hall–Kier alpha value is -1.62. The molecule has 3 rings (SSSR count). The number of hydrogen-bond donors (Lipinski definition) is 0. The fraction of sp³-hybridized carbons (Fsp3) is 0.417. The Balaban J connectivity index is 2.05. The molecule has 1 heterocycles. The van der Waals surface area contributed by atoms with Gasteiger partial charge in [-0.1, -0.05) is 0 Å². The molecule has 1 aromatic carbocycles. The van der Waals surface area contributed by atoms with Gasteiger partial charge in [-0.25, -0.2) is 4.39 Å². The third kappa shape index (κ3) is 1.86. The van der Waals surface area contributed by atoms with Crippen molar-refractivity contribution in [3.8, 4) is 5.75 Å². The van der Waals surface area contributed by atoms with Crippen LogP contribution in [0.1, 0.15) is 18.9 Å². The minimum absolute atomic E-state index is 0.114. The second-order valence-corrected chi connectivity index (χ2v) is 4.21. The van der Waals surface area contributed by atoms with Crippen LogP contribution < -0.4 is 4.74 Å². The molecule has 5 heteroatoms. The maximum absolute atomic E-state index is 13.8. The molecule has 0 spiro atoms. The maximum Gasteiger partial charge on any atom is 0.188 e. The van der Waals surface area contributed by atoms with Gasteiger partial charge in [0, 0.05) is 19.2 Å². The van der Waals surface area contributed by atoms with Crippen molar-refractivity contribution in [3.63, 3.8) is 0 Å². The van der Waals surface area contributed by atoms with Gasteiger partial charge in [0.2, 0.25) is 0 Å². The zero-order valence-corrected chi connectivity index (χ0v) is 9.52. The molecule has 0 bridgehead atoms. The summed E-state index contributed by atoms with van der Waals surface area (Å²) in [4.78, 5) is 0. The first kappa shape index (κ1) is 10.5. The average Bonchev–Trinajstić information content (AvgIpc) is 3.07. The number of rotatable bonds is 4. The molecule has 0 unspecified atom stereocenters. The highest BCUT2D eigenvalue weighted by Gasteiger charge is 2.26. The smallest absolute Gasteiger partial charge is 0.188 e. The maximum atomic E-state index is 13.8. The molecule has 1 aliphatic rings. The summed E-state index contributed by atoms with van der Waals surface area (Å²) in [7, 11) is 1.53. The van der Waals surface area contributed by atoms with Crippen LogP contribution >= 0.6 is 0 Å². The van der Waals surface area contributed by atoms with E-state index in [1.54, 1.807) is 6.20 Å². The van der Waals surface area contributed by atoms with Gasteiger partial charge in [-0.15, -0.1) is 0 Å². The number of methoxy groups -OCH3 is 1. The predicted molar refractivity (Wildman–Crippen MR) is 60.5 cm³/mol. The van der Waals surface area contributed by atoms with E-state index in [2.05, 4.69) is 5.10 Å². The Labute approximate surface area is 97.9 Å². The SMILES string of the molecule is COCOc1cc(F)c2cnn(C3CC3)c2c1. The zero-order chi connectivity index (χ0) is 11.8. The first-order valence-corrected chi connectivity index (χ1v) is 5.58. The van der Waals surface area contributed by atoms with Gasteiger partial charge in [-0.05, 0) is 12.8 Å². The molecule has 2 aromatic rings. The van der Waals surface area contributed by atoms with E-state index in [9.17, 15) is 4.39 Å². The molecule has 1 aromatic heterocycles. The van der Waals surface area contributed by atoms with E-state index in [1.807, 2.05) is 10.7 Å². The second kappa shape index (κ2) is 4.00. The minimum atomic E-state index is -0.305. The van der Waals surface area contributed by atoms with Crippen molar-refractivity contribution >= 4 is 10.9 Å². The van der Waals surface area contributed by atoms with Crippen LogP contribution in [0.25, 0.3) is 10.9 Å². The Kier molecular flexibility index (Phi) is 2.48. The number of benzene rings is 1. The molecular weight excluding hydrogens is 223 g/mol. The largest absolute Gasteiger partial charge is 0.467 e. The molecule has 1 fully saturated rings. The minimum Gasteiger partial charge on any atom is -0.467 e. The molecule has 90 valence electrons. The van der Waals surface area contributed by atoms with Crippen molar-refractivity contribution in [1.82, 2.24) is 9.78 Å². The van der Waals surface area contributed by atoms with Crippen LogP contribution in [0.5, 0.6) is 5.75 Å². The lowest BCUT2D eigenvalue weighted by atomic mass is 10.2. The fourth-order valence-corrected chi connectivity index (χ4v) is 1.90. The Morgan fingerprint density at radius 2 is 2.29 bits per heavy atom. The summed E-state index contributed by atoms with van der Waals surface area (Å²) in [6, 6.07) is 3.59. The summed E-state index contributed by atoms with van der Waals surface area (Å²) in [5, 5.41) is 4.77. The molecule has 1 saturated carbocycles. The van der Waals surface area contributed by atoms with Crippen LogP contribution in [0.3, 0.4) is 0 Å². The molecule has 0 radical (unpaired) electrons. The van der Waals surface area contributed by atoms with Gasteiger partial charge in [-0.2, -0.15) is 5.10 Å². The highest BCUT2D eigenvalue weighted by molar-refractivity contribution is 5.81. The first-order valence-electron chi connectivity index (χ1n) is 5.58. The van der Waals surface area contributed by atoms with Crippen LogP contribution in [-0.4, -0.2) is 23.7 Å². The Morgan fingerprint density at radius 1 is 1.47 bits per heavy atom. The molecule has 0 atom stereocenters. The number of aromatic nitrogens is 2. The Morgan fingerprint density at radius 3 is 3.00 bits per heavy atom. The summed E-state index contributed by atoms with van der Waals surface area (Å²) in [6.07, 6.45) is 3.80. The van der Waals surface area contributed by atoms with Crippen molar-refractivity contribution in [1.29, 1.82) is 0 Å². The molecule has 1 aliphatic carbocycles.